The van der Waals surface area contributed by atoms with E-state index in [2.05, 4.69) is 20.3 Å². The molecule has 0 saturated carbocycles. The van der Waals surface area contributed by atoms with Crippen molar-refractivity contribution in [1.29, 1.82) is 0 Å². The number of nitrogens with one attached hydrogen (secondary N) is 1. The summed E-state index contributed by atoms with van der Waals surface area (Å²) in [6, 6.07) is 3.45. The molecule has 7 nitrogen and oxygen atoms in total. The van der Waals surface area contributed by atoms with E-state index < -0.39 is 5.82 Å². The summed E-state index contributed by atoms with van der Waals surface area (Å²) in [5.41, 5.74) is -0.176. The first-order chi connectivity index (χ1) is 13.2. The summed E-state index contributed by atoms with van der Waals surface area (Å²) in [4.78, 5) is 26.4. The SMILES string of the molecule is O=C(c1ccncc1F)N1CCC2(CC1)C[C@H](Nc1ncccn1)CCO2. The Morgan fingerprint density at radius 3 is 2.78 bits per heavy atom. The van der Waals surface area contributed by atoms with E-state index in [1.165, 1.54) is 12.3 Å². The number of rotatable bonds is 3. The molecule has 0 aliphatic carbocycles. The number of amides is 1. The maximum atomic E-state index is 13.8. The second kappa shape index (κ2) is 7.56. The van der Waals surface area contributed by atoms with Crippen LogP contribution in [-0.2, 0) is 4.74 Å². The maximum absolute atomic E-state index is 13.8. The molecular weight excluding hydrogens is 349 g/mol. The van der Waals surface area contributed by atoms with E-state index in [4.69, 9.17) is 4.74 Å². The van der Waals surface area contributed by atoms with E-state index in [0.29, 0.717) is 25.6 Å². The second-order valence-corrected chi connectivity index (χ2v) is 7.09. The molecule has 2 aliphatic rings. The molecule has 4 rings (SSSR count). The minimum atomic E-state index is -0.580. The molecular formula is C19H22FN5O2. The van der Waals surface area contributed by atoms with Crippen LogP contribution in [0.1, 0.15) is 36.0 Å². The molecule has 1 spiro atoms. The van der Waals surface area contributed by atoms with Gasteiger partial charge in [-0.25, -0.2) is 14.4 Å². The fourth-order valence-electron chi connectivity index (χ4n) is 3.89. The second-order valence-electron chi connectivity index (χ2n) is 7.09. The van der Waals surface area contributed by atoms with Gasteiger partial charge in [0.2, 0.25) is 5.95 Å². The highest BCUT2D eigenvalue weighted by Crippen LogP contribution is 2.36. The summed E-state index contributed by atoms with van der Waals surface area (Å²) in [7, 11) is 0. The van der Waals surface area contributed by atoms with Crippen molar-refractivity contribution in [1.82, 2.24) is 19.9 Å². The Morgan fingerprint density at radius 2 is 2.04 bits per heavy atom. The summed E-state index contributed by atoms with van der Waals surface area (Å²) in [6.07, 6.45) is 9.15. The maximum Gasteiger partial charge on any atom is 0.256 e. The predicted octanol–water partition coefficient (Wildman–Crippen LogP) is 2.28. The van der Waals surface area contributed by atoms with Crippen molar-refractivity contribution < 1.29 is 13.9 Å². The number of anilines is 1. The van der Waals surface area contributed by atoms with Crippen LogP contribution >= 0.6 is 0 Å². The Balaban J connectivity index is 1.37. The molecule has 1 amide bonds. The van der Waals surface area contributed by atoms with E-state index >= 15 is 0 Å². The van der Waals surface area contributed by atoms with Crippen LogP contribution in [-0.4, -0.2) is 57.1 Å². The van der Waals surface area contributed by atoms with Crippen LogP contribution in [0.3, 0.4) is 0 Å². The number of halogens is 1. The van der Waals surface area contributed by atoms with Crippen LogP contribution in [0.4, 0.5) is 10.3 Å². The Bertz CT molecular complexity index is 796. The third kappa shape index (κ3) is 3.90. The fraction of sp³-hybridized carbons (Fsp3) is 0.474. The zero-order valence-corrected chi connectivity index (χ0v) is 15.0. The van der Waals surface area contributed by atoms with Gasteiger partial charge in [0.25, 0.3) is 5.91 Å². The lowest BCUT2D eigenvalue weighted by molar-refractivity contribution is -0.110. The molecule has 4 heterocycles. The van der Waals surface area contributed by atoms with Crippen LogP contribution in [0.25, 0.3) is 0 Å². The highest BCUT2D eigenvalue weighted by atomic mass is 19.1. The normalized spacial score (nSPS) is 21.8. The molecule has 142 valence electrons. The quantitative estimate of drug-likeness (QED) is 0.892. The molecule has 0 bridgehead atoms. The molecule has 2 saturated heterocycles. The summed E-state index contributed by atoms with van der Waals surface area (Å²) in [6.45, 7) is 1.77. The van der Waals surface area contributed by atoms with Crippen molar-refractivity contribution in [3.63, 3.8) is 0 Å². The smallest absolute Gasteiger partial charge is 0.256 e. The minimum Gasteiger partial charge on any atom is -0.375 e. The van der Waals surface area contributed by atoms with Gasteiger partial charge in [-0.3, -0.25) is 9.78 Å². The summed E-state index contributed by atoms with van der Waals surface area (Å²) in [5.74, 6) is -0.239. The van der Waals surface area contributed by atoms with Crippen LogP contribution < -0.4 is 5.32 Å². The lowest BCUT2D eigenvalue weighted by Gasteiger charge is -2.46. The zero-order chi connectivity index (χ0) is 18.7. The first kappa shape index (κ1) is 17.8. The van der Waals surface area contributed by atoms with E-state index in [0.717, 1.165) is 31.9 Å². The third-order valence-corrected chi connectivity index (χ3v) is 5.36. The molecule has 8 heteroatoms. The highest BCUT2D eigenvalue weighted by Gasteiger charge is 2.41. The van der Waals surface area contributed by atoms with Gasteiger partial charge in [0.1, 0.15) is 0 Å². The van der Waals surface area contributed by atoms with E-state index in [1.807, 2.05) is 0 Å². The molecule has 1 N–H and O–H groups in total. The minimum absolute atomic E-state index is 0.0753. The number of carbonyl (C=O) groups excluding carboxylic acids is 1. The topological polar surface area (TPSA) is 80.2 Å². The van der Waals surface area contributed by atoms with Crippen LogP contribution in [0.15, 0.2) is 36.9 Å². The van der Waals surface area contributed by atoms with Crippen molar-refractivity contribution in [3.05, 3.63) is 48.3 Å². The van der Waals surface area contributed by atoms with Crippen LogP contribution in [0.2, 0.25) is 0 Å². The lowest BCUT2D eigenvalue weighted by Crippen LogP contribution is -2.52. The standard InChI is InChI=1S/C19H22FN5O2/c20-16-13-21-8-2-15(16)17(26)25-9-4-19(5-10-25)12-14(3-11-27-19)24-18-22-6-1-7-23-18/h1-2,6-8,13-14H,3-5,9-12H2,(H,22,23,24)/t14-/m1/s1. The lowest BCUT2D eigenvalue weighted by atomic mass is 9.82. The molecule has 1 atom stereocenters. The van der Waals surface area contributed by atoms with Crippen molar-refractivity contribution in [3.8, 4) is 0 Å². The first-order valence-electron chi connectivity index (χ1n) is 9.22. The molecule has 2 aromatic rings. The van der Waals surface area contributed by atoms with Gasteiger partial charge >= 0.3 is 0 Å². The van der Waals surface area contributed by atoms with Crippen molar-refractivity contribution >= 4 is 11.9 Å². The number of carbonyl (C=O) groups is 1. The average molecular weight is 371 g/mol. The van der Waals surface area contributed by atoms with Crippen molar-refractivity contribution in [2.75, 3.05) is 25.0 Å². The molecule has 27 heavy (non-hydrogen) atoms. The number of aromatic nitrogens is 3. The Morgan fingerprint density at radius 1 is 1.26 bits per heavy atom. The largest absolute Gasteiger partial charge is 0.375 e. The first-order valence-corrected chi connectivity index (χ1v) is 9.22. The van der Waals surface area contributed by atoms with Crippen molar-refractivity contribution in [2.24, 2.45) is 0 Å². The van der Waals surface area contributed by atoms with E-state index in [9.17, 15) is 9.18 Å². The molecule has 0 unspecified atom stereocenters. The summed E-state index contributed by atoms with van der Waals surface area (Å²) in [5, 5.41) is 3.38. The van der Waals surface area contributed by atoms with Crippen LogP contribution in [0, 0.1) is 5.82 Å². The number of likely N-dealkylation sites (tertiary alicyclic amines) is 1. The number of nitrogens with zero attached hydrogens (tertiary/aromatic N) is 4. The number of ether oxygens (including phenoxy) is 1. The fourth-order valence-corrected chi connectivity index (χ4v) is 3.89. The van der Waals surface area contributed by atoms with Gasteiger partial charge in [-0.1, -0.05) is 0 Å². The van der Waals surface area contributed by atoms with Gasteiger partial charge in [-0.15, -0.1) is 0 Å². The van der Waals surface area contributed by atoms with Gasteiger partial charge in [-0.2, -0.15) is 0 Å². The van der Waals surface area contributed by atoms with Crippen LogP contribution in [0.5, 0.6) is 0 Å². The number of hydrogen-bond donors (Lipinski definition) is 1. The molecule has 0 radical (unpaired) electrons. The van der Waals surface area contributed by atoms with Gasteiger partial charge in [0, 0.05) is 44.3 Å². The number of hydrogen-bond acceptors (Lipinski definition) is 6. The predicted molar refractivity (Wildman–Crippen MR) is 96.7 cm³/mol. The number of piperidine rings is 1. The zero-order valence-electron chi connectivity index (χ0n) is 15.0. The summed E-state index contributed by atoms with van der Waals surface area (Å²) < 4.78 is 20.0. The molecule has 2 aliphatic heterocycles. The average Bonchev–Trinajstić information content (AvgIpc) is 2.69. The monoisotopic (exact) mass is 371 g/mol. The van der Waals surface area contributed by atoms with Gasteiger partial charge in [0.15, 0.2) is 5.82 Å². The van der Waals surface area contributed by atoms with E-state index in [-0.39, 0.29) is 23.1 Å². The highest BCUT2D eigenvalue weighted by molar-refractivity contribution is 5.94. The van der Waals surface area contributed by atoms with Gasteiger partial charge in [0.05, 0.1) is 17.4 Å². The van der Waals surface area contributed by atoms with E-state index in [1.54, 1.807) is 23.4 Å². The van der Waals surface area contributed by atoms with Gasteiger partial charge in [-0.05, 0) is 37.8 Å². The summed E-state index contributed by atoms with van der Waals surface area (Å²) >= 11 is 0. The van der Waals surface area contributed by atoms with Gasteiger partial charge < -0.3 is 15.0 Å². The number of pyridine rings is 1. The third-order valence-electron chi connectivity index (χ3n) is 5.36. The Hall–Kier alpha value is -2.61. The Kier molecular flexibility index (Phi) is 4.98. The van der Waals surface area contributed by atoms with Crippen molar-refractivity contribution in [2.45, 2.75) is 37.3 Å². The molecule has 0 aromatic carbocycles. The molecule has 2 fully saturated rings. The Labute approximate surface area is 157 Å². The molecule has 2 aromatic heterocycles.